The molecule has 3 rings (SSSR count). The summed E-state index contributed by atoms with van der Waals surface area (Å²) in [5.41, 5.74) is -0.700. The van der Waals surface area contributed by atoms with Crippen LogP contribution in [0.5, 0.6) is 0 Å². The van der Waals surface area contributed by atoms with Crippen molar-refractivity contribution in [2.24, 2.45) is 0 Å². The Morgan fingerprint density at radius 3 is 2.70 bits per heavy atom. The van der Waals surface area contributed by atoms with Gasteiger partial charge in [0.05, 0.1) is 0 Å². The predicted molar refractivity (Wildman–Crippen MR) is 76.8 cm³/mol. The highest BCUT2D eigenvalue weighted by molar-refractivity contribution is 5.87. The molecule has 2 aliphatic rings. The molecule has 0 radical (unpaired) electrons. The van der Waals surface area contributed by atoms with E-state index >= 15 is 0 Å². The predicted octanol–water partition coefficient (Wildman–Crippen LogP) is 2.29. The minimum Gasteiger partial charge on any atom is -0.381 e. The number of carbonyl (C=O) groups is 1. The number of nitrogens with one attached hydrogen (secondary N) is 1. The molecule has 2 fully saturated rings. The van der Waals surface area contributed by atoms with Crippen molar-refractivity contribution in [2.45, 2.75) is 37.5 Å². The molecule has 0 bridgehead atoms. The lowest BCUT2D eigenvalue weighted by atomic mass is 10.1. The van der Waals surface area contributed by atoms with Crippen LogP contribution >= 0.6 is 0 Å². The van der Waals surface area contributed by atoms with Crippen LogP contribution in [0.25, 0.3) is 0 Å². The number of alkyl halides is 3. The summed E-state index contributed by atoms with van der Waals surface area (Å²) in [6, 6.07) is 2.07. The molecular weight excluding hydrogens is 311 g/mol. The number of ether oxygens (including phenoxy) is 1. The minimum absolute atomic E-state index is 0.0535. The molecule has 2 aliphatic heterocycles. The van der Waals surface area contributed by atoms with E-state index in [1.807, 2.05) is 4.90 Å². The maximum Gasteiger partial charge on any atom is 0.433 e. The lowest BCUT2D eigenvalue weighted by Crippen LogP contribution is -2.43. The lowest BCUT2D eigenvalue weighted by molar-refractivity contribution is -0.141. The smallest absolute Gasteiger partial charge is 0.381 e. The van der Waals surface area contributed by atoms with E-state index in [0.29, 0.717) is 26.2 Å². The second kappa shape index (κ2) is 6.35. The molecular formula is C15H18F3N3O2. The standard InChI is InChI=1S/C15H18F3N3O2/c16-15(17,18)13-9-10(1-5-19-13)20-12-2-6-21(14(12)22)11-3-7-23-8-4-11/h1,5,9,11-12H,2-4,6-8H2,(H,19,20). The molecule has 1 aromatic heterocycles. The number of anilines is 1. The summed E-state index contributed by atoms with van der Waals surface area (Å²) < 4.78 is 43.4. The van der Waals surface area contributed by atoms with Crippen LogP contribution in [-0.4, -0.2) is 47.6 Å². The lowest BCUT2D eigenvalue weighted by Gasteiger charge is -2.31. The second-order valence-electron chi connectivity index (χ2n) is 5.79. The van der Waals surface area contributed by atoms with Gasteiger partial charge in [0.2, 0.25) is 5.91 Å². The van der Waals surface area contributed by atoms with Crippen LogP contribution in [-0.2, 0) is 15.7 Å². The minimum atomic E-state index is -4.49. The average Bonchev–Trinajstić information content (AvgIpc) is 2.89. The third kappa shape index (κ3) is 3.57. The summed E-state index contributed by atoms with van der Waals surface area (Å²) in [5.74, 6) is -0.0535. The van der Waals surface area contributed by atoms with Crippen LogP contribution in [0.3, 0.4) is 0 Å². The third-order valence-electron chi connectivity index (χ3n) is 4.26. The fourth-order valence-corrected chi connectivity index (χ4v) is 3.07. The number of hydrogen-bond donors (Lipinski definition) is 1. The molecule has 0 spiro atoms. The number of likely N-dealkylation sites (tertiary alicyclic amines) is 1. The molecule has 0 saturated carbocycles. The first-order valence-electron chi connectivity index (χ1n) is 7.63. The van der Waals surface area contributed by atoms with Gasteiger partial charge in [-0.25, -0.2) is 0 Å². The molecule has 1 amide bonds. The second-order valence-corrected chi connectivity index (χ2v) is 5.79. The van der Waals surface area contributed by atoms with Gasteiger partial charge in [-0.05, 0) is 31.4 Å². The number of amides is 1. The molecule has 1 atom stereocenters. The van der Waals surface area contributed by atoms with Crippen LogP contribution in [0, 0.1) is 0 Å². The van der Waals surface area contributed by atoms with Crippen LogP contribution in [0.4, 0.5) is 18.9 Å². The van der Waals surface area contributed by atoms with Gasteiger partial charge < -0.3 is 15.0 Å². The van der Waals surface area contributed by atoms with Gasteiger partial charge in [0.25, 0.3) is 0 Å². The summed E-state index contributed by atoms with van der Waals surface area (Å²) in [6.07, 6.45) is -1.19. The Bertz CT molecular complexity index is 573. The molecule has 23 heavy (non-hydrogen) atoms. The van der Waals surface area contributed by atoms with Crippen LogP contribution < -0.4 is 5.32 Å². The van der Waals surface area contributed by atoms with E-state index < -0.39 is 17.9 Å². The van der Waals surface area contributed by atoms with Crippen LogP contribution in [0.15, 0.2) is 18.3 Å². The van der Waals surface area contributed by atoms with E-state index in [-0.39, 0.29) is 17.6 Å². The molecule has 8 heteroatoms. The first kappa shape index (κ1) is 16.0. The fourth-order valence-electron chi connectivity index (χ4n) is 3.07. The van der Waals surface area contributed by atoms with Crippen molar-refractivity contribution < 1.29 is 22.7 Å². The Kier molecular flexibility index (Phi) is 4.43. The van der Waals surface area contributed by atoms with E-state index in [1.165, 1.54) is 6.07 Å². The van der Waals surface area contributed by atoms with Gasteiger partial charge in [-0.15, -0.1) is 0 Å². The van der Waals surface area contributed by atoms with Gasteiger partial charge >= 0.3 is 6.18 Å². The highest BCUT2D eigenvalue weighted by atomic mass is 19.4. The van der Waals surface area contributed by atoms with Gasteiger partial charge in [-0.2, -0.15) is 13.2 Å². The molecule has 1 unspecified atom stereocenters. The summed E-state index contributed by atoms with van der Waals surface area (Å²) in [4.78, 5) is 17.6. The maximum atomic E-state index is 12.7. The Morgan fingerprint density at radius 2 is 2.00 bits per heavy atom. The number of hydrogen-bond acceptors (Lipinski definition) is 4. The number of aromatic nitrogens is 1. The SMILES string of the molecule is O=C1C(Nc2ccnc(C(F)(F)F)c2)CCN1C1CCOCC1. The van der Waals surface area contributed by atoms with Crippen molar-refractivity contribution in [1.82, 2.24) is 9.88 Å². The highest BCUT2D eigenvalue weighted by Gasteiger charge is 2.37. The largest absolute Gasteiger partial charge is 0.433 e. The summed E-state index contributed by atoms with van der Waals surface area (Å²) in [7, 11) is 0. The molecule has 1 aromatic rings. The molecule has 2 saturated heterocycles. The Labute approximate surface area is 131 Å². The van der Waals surface area contributed by atoms with Crippen molar-refractivity contribution >= 4 is 11.6 Å². The zero-order valence-electron chi connectivity index (χ0n) is 12.5. The number of halogens is 3. The van der Waals surface area contributed by atoms with E-state index in [2.05, 4.69) is 10.3 Å². The van der Waals surface area contributed by atoms with Gasteiger partial charge in [0.1, 0.15) is 11.7 Å². The van der Waals surface area contributed by atoms with Crippen molar-refractivity contribution in [3.05, 3.63) is 24.0 Å². The number of nitrogens with zero attached hydrogens (tertiary/aromatic N) is 2. The van der Waals surface area contributed by atoms with Crippen molar-refractivity contribution in [3.63, 3.8) is 0 Å². The summed E-state index contributed by atoms with van der Waals surface area (Å²) >= 11 is 0. The molecule has 1 N–H and O–H groups in total. The Balaban J connectivity index is 1.66. The summed E-state index contributed by atoms with van der Waals surface area (Å²) in [5, 5.41) is 2.91. The van der Waals surface area contributed by atoms with Crippen LogP contribution in [0.1, 0.15) is 25.0 Å². The van der Waals surface area contributed by atoms with Crippen molar-refractivity contribution in [3.8, 4) is 0 Å². The van der Waals surface area contributed by atoms with Gasteiger partial charge in [0.15, 0.2) is 0 Å². The quantitative estimate of drug-likeness (QED) is 0.924. The number of pyridine rings is 1. The maximum absolute atomic E-state index is 12.7. The zero-order chi connectivity index (χ0) is 16.4. The molecule has 0 aromatic carbocycles. The number of carbonyl (C=O) groups excluding carboxylic acids is 1. The molecule has 5 nitrogen and oxygen atoms in total. The van der Waals surface area contributed by atoms with Gasteiger partial charge in [0, 0.05) is 37.7 Å². The van der Waals surface area contributed by atoms with Crippen LogP contribution in [0.2, 0.25) is 0 Å². The monoisotopic (exact) mass is 329 g/mol. The van der Waals surface area contributed by atoms with E-state index in [0.717, 1.165) is 25.1 Å². The first-order valence-corrected chi connectivity index (χ1v) is 7.63. The third-order valence-corrected chi connectivity index (χ3v) is 4.26. The highest BCUT2D eigenvalue weighted by Crippen LogP contribution is 2.30. The Morgan fingerprint density at radius 1 is 1.26 bits per heavy atom. The van der Waals surface area contributed by atoms with Crippen molar-refractivity contribution in [1.29, 1.82) is 0 Å². The zero-order valence-corrected chi connectivity index (χ0v) is 12.5. The van der Waals surface area contributed by atoms with Gasteiger partial charge in [-0.3, -0.25) is 9.78 Å². The number of rotatable bonds is 3. The van der Waals surface area contributed by atoms with E-state index in [4.69, 9.17) is 4.74 Å². The van der Waals surface area contributed by atoms with E-state index in [9.17, 15) is 18.0 Å². The summed E-state index contributed by atoms with van der Waals surface area (Å²) in [6.45, 7) is 1.91. The normalized spacial score (nSPS) is 23.3. The molecule has 0 aliphatic carbocycles. The fraction of sp³-hybridized carbons (Fsp3) is 0.600. The van der Waals surface area contributed by atoms with Gasteiger partial charge in [-0.1, -0.05) is 0 Å². The molecule has 3 heterocycles. The topological polar surface area (TPSA) is 54.5 Å². The van der Waals surface area contributed by atoms with E-state index in [1.54, 1.807) is 0 Å². The average molecular weight is 329 g/mol. The molecule has 126 valence electrons. The first-order chi connectivity index (χ1) is 10.9. The Hall–Kier alpha value is -1.83. The van der Waals surface area contributed by atoms with Crippen molar-refractivity contribution in [2.75, 3.05) is 25.1 Å².